The zero-order valence-corrected chi connectivity index (χ0v) is 21.2. The summed E-state index contributed by atoms with van der Waals surface area (Å²) in [6.07, 6.45) is 6.54. The van der Waals surface area contributed by atoms with Gasteiger partial charge in [-0.05, 0) is 49.6 Å². The largest absolute Gasteiger partial charge is 0.338 e. The molecule has 9 heteroatoms. The highest BCUT2D eigenvalue weighted by atomic mass is 16.2. The number of amides is 5. The van der Waals surface area contributed by atoms with Gasteiger partial charge < -0.3 is 21.3 Å². The van der Waals surface area contributed by atoms with Gasteiger partial charge in [-0.15, -0.1) is 0 Å². The number of nitrogens with one attached hydrogen (secondary N) is 4. The SMILES string of the molecule is CN[C@@H](Cc1ccccc1)C(=O)Nc1ccc(CNC(=O)NCCCCCCN2C(=O)C=CC2=O)cc1. The molecule has 196 valence electrons. The van der Waals surface area contributed by atoms with Crippen LogP contribution in [0, 0.1) is 0 Å². The van der Waals surface area contributed by atoms with Gasteiger partial charge in [0, 0.05) is 37.5 Å². The highest BCUT2D eigenvalue weighted by Gasteiger charge is 2.22. The van der Waals surface area contributed by atoms with Crippen LogP contribution >= 0.6 is 0 Å². The Labute approximate surface area is 217 Å². The molecule has 2 aromatic carbocycles. The van der Waals surface area contributed by atoms with Gasteiger partial charge in [0.2, 0.25) is 5.91 Å². The molecule has 5 amide bonds. The summed E-state index contributed by atoms with van der Waals surface area (Å²) in [5, 5.41) is 11.7. The molecule has 2 aromatic rings. The number of anilines is 1. The molecule has 1 heterocycles. The summed E-state index contributed by atoms with van der Waals surface area (Å²) in [6, 6.07) is 16.7. The van der Waals surface area contributed by atoms with Crippen molar-refractivity contribution in [2.45, 2.75) is 44.7 Å². The molecule has 1 atom stereocenters. The molecule has 1 aliphatic heterocycles. The minimum atomic E-state index is -0.344. The second-order valence-electron chi connectivity index (χ2n) is 8.90. The molecule has 0 fully saturated rings. The quantitative estimate of drug-likeness (QED) is 0.233. The molecule has 0 saturated heterocycles. The molecule has 0 aromatic heterocycles. The molecule has 0 saturated carbocycles. The monoisotopic (exact) mass is 505 g/mol. The van der Waals surface area contributed by atoms with Crippen LogP contribution in [0.1, 0.15) is 36.8 Å². The highest BCUT2D eigenvalue weighted by Crippen LogP contribution is 2.12. The second kappa shape index (κ2) is 14.5. The van der Waals surface area contributed by atoms with Crippen LogP contribution in [0.3, 0.4) is 0 Å². The van der Waals surface area contributed by atoms with Crippen LogP contribution in [-0.4, -0.2) is 54.8 Å². The third-order valence-electron chi connectivity index (χ3n) is 6.12. The molecular formula is C28H35N5O4. The average Bonchev–Trinajstić information content (AvgIpc) is 3.23. The van der Waals surface area contributed by atoms with Gasteiger partial charge >= 0.3 is 6.03 Å². The van der Waals surface area contributed by atoms with Crippen LogP contribution in [0.2, 0.25) is 0 Å². The molecule has 0 spiro atoms. The first-order chi connectivity index (χ1) is 18.0. The van der Waals surface area contributed by atoms with Gasteiger partial charge in [0.1, 0.15) is 0 Å². The number of nitrogens with zero attached hydrogens (tertiary/aromatic N) is 1. The number of benzene rings is 2. The number of rotatable bonds is 14. The van der Waals surface area contributed by atoms with Gasteiger partial charge in [-0.3, -0.25) is 19.3 Å². The van der Waals surface area contributed by atoms with Crippen molar-refractivity contribution in [3.8, 4) is 0 Å². The van der Waals surface area contributed by atoms with Crippen molar-refractivity contribution in [2.24, 2.45) is 0 Å². The smallest absolute Gasteiger partial charge is 0.315 e. The number of hydrogen-bond acceptors (Lipinski definition) is 5. The maximum atomic E-state index is 12.6. The number of likely N-dealkylation sites (N-methyl/N-ethyl adjacent to an activating group) is 1. The van der Waals surface area contributed by atoms with Crippen molar-refractivity contribution < 1.29 is 19.2 Å². The Morgan fingerprint density at radius 1 is 0.811 bits per heavy atom. The molecule has 0 radical (unpaired) electrons. The van der Waals surface area contributed by atoms with Gasteiger partial charge in [0.05, 0.1) is 6.04 Å². The minimum absolute atomic E-state index is 0.105. The number of carbonyl (C=O) groups excluding carboxylic acids is 4. The Morgan fingerprint density at radius 3 is 2.16 bits per heavy atom. The van der Waals surface area contributed by atoms with E-state index in [4.69, 9.17) is 0 Å². The van der Waals surface area contributed by atoms with E-state index in [1.807, 2.05) is 54.6 Å². The lowest BCUT2D eigenvalue weighted by atomic mass is 10.1. The van der Waals surface area contributed by atoms with E-state index >= 15 is 0 Å². The predicted octanol–water partition coefficient (Wildman–Crippen LogP) is 2.74. The van der Waals surface area contributed by atoms with E-state index in [9.17, 15) is 19.2 Å². The van der Waals surface area contributed by atoms with E-state index in [0.717, 1.165) is 36.8 Å². The Kier molecular flexibility index (Phi) is 10.9. The van der Waals surface area contributed by atoms with Crippen LogP contribution in [-0.2, 0) is 27.3 Å². The third-order valence-corrected chi connectivity index (χ3v) is 6.12. The first-order valence-electron chi connectivity index (χ1n) is 12.6. The van der Waals surface area contributed by atoms with Crippen molar-refractivity contribution in [1.29, 1.82) is 0 Å². The summed E-state index contributed by atoms with van der Waals surface area (Å²) in [5.74, 6) is -0.598. The number of hydrogen-bond donors (Lipinski definition) is 4. The number of imide groups is 1. The van der Waals surface area contributed by atoms with Crippen molar-refractivity contribution in [3.05, 3.63) is 77.9 Å². The summed E-state index contributed by atoms with van der Waals surface area (Å²) < 4.78 is 0. The van der Waals surface area contributed by atoms with Crippen LogP contribution in [0.4, 0.5) is 10.5 Å². The lowest BCUT2D eigenvalue weighted by Gasteiger charge is -2.16. The summed E-state index contributed by atoms with van der Waals surface area (Å²) in [6.45, 7) is 1.36. The third kappa shape index (κ3) is 9.20. The first kappa shape index (κ1) is 27.6. The first-order valence-corrected chi connectivity index (χ1v) is 12.6. The summed E-state index contributed by atoms with van der Waals surface area (Å²) in [4.78, 5) is 48.9. The van der Waals surface area contributed by atoms with Gasteiger partial charge in [0.25, 0.3) is 11.8 Å². The number of unbranched alkanes of at least 4 members (excludes halogenated alkanes) is 3. The summed E-state index contributed by atoms with van der Waals surface area (Å²) >= 11 is 0. The van der Waals surface area contributed by atoms with E-state index in [-0.39, 0.29) is 29.8 Å². The fourth-order valence-corrected chi connectivity index (χ4v) is 3.96. The van der Waals surface area contributed by atoms with E-state index in [2.05, 4.69) is 21.3 Å². The van der Waals surface area contributed by atoms with Crippen LogP contribution < -0.4 is 21.3 Å². The van der Waals surface area contributed by atoms with Gasteiger partial charge in [0.15, 0.2) is 0 Å². The lowest BCUT2D eigenvalue weighted by molar-refractivity contribution is -0.136. The molecule has 1 aliphatic rings. The van der Waals surface area contributed by atoms with E-state index < -0.39 is 0 Å². The zero-order chi connectivity index (χ0) is 26.5. The molecule has 0 aliphatic carbocycles. The summed E-state index contributed by atoms with van der Waals surface area (Å²) in [7, 11) is 1.77. The Hall–Kier alpha value is -3.98. The molecule has 9 nitrogen and oxygen atoms in total. The second-order valence-corrected chi connectivity index (χ2v) is 8.90. The molecule has 4 N–H and O–H groups in total. The molecule has 0 unspecified atom stereocenters. The normalized spacial score (nSPS) is 13.5. The standard InChI is InChI=1S/C28H35N5O4/c1-29-24(19-21-9-5-4-6-10-21)27(36)32-23-13-11-22(12-14-23)20-31-28(37)30-17-7-2-3-8-18-33-25(34)15-16-26(33)35/h4-6,9-16,24,29H,2-3,7-8,17-20H2,1H3,(H,32,36)(H2,30,31,37)/t24-/m0/s1. The number of carbonyl (C=O) groups is 4. The Bertz CT molecular complexity index is 1070. The van der Waals surface area contributed by atoms with E-state index in [1.54, 1.807) is 7.05 Å². The molecule has 37 heavy (non-hydrogen) atoms. The van der Waals surface area contributed by atoms with Crippen LogP contribution in [0.15, 0.2) is 66.7 Å². The van der Waals surface area contributed by atoms with Crippen molar-refractivity contribution >= 4 is 29.4 Å². The van der Waals surface area contributed by atoms with E-state index in [0.29, 0.717) is 31.7 Å². The Morgan fingerprint density at radius 2 is 1.49 bits per heavy atom. The fourth-order valence-electron chi connectivity index (χ4n) is 3.96. The topological polar surface area (TPSA) is 120 Å². The van der Waals surface area contributed by atoms with Gasteiger partial charge in [-0.2, -0.15) is 0 Å². The predicted molar refractivity (Wildman–Crippen MR) is 143 cm³/mol. The fraction of sp³-hybridized carbons (Fsp3) is 0.357. The molecule has 0 bridgehead atoms. The van der Waals surface area contributed by atoms with Crippen molar-refractivity contribution in [3.63, 3.8) is 0 Å². The number of urea groups is 1. The van der Waals surface area contributed by atoms with Crippen LogP contribution in [0.25, 0.3) is 0 Å². The van der Waals surface area contributed by atoms with Gasteiger partial charge in [-0.25, -0.2) is 4.79 Å². The highest BCUT2D eigenvalue weighted by molar-refractivity contribution is 6.12. The maximum Gasteiger partial charge on any atom is 0.315 e. The van der Waals surface area contributed by atoms with Gasteiger partial charge in [-0.1, -0.05) is 55.3 Å². The van der Waals surface area contributed by atoms with Crippen molar-refractivity contribution in [2.75, 3.05) is 25.5 Å². The zero-order valence-electron chi connectivity index (χ0n) is 21.2. The maximum absolute atomic E-state index is 12.6. The van der Waals surface area contributed by atoms with E-state index in [1.165, 1.54) is 17.1 Å². The minimum Gasteiger partial charge on any atom is -0.338 e. The van der Waals surface area contributed by atoms with Crippen molar-refractivity contribution in [1.82, 2.24) is 20.9 Å². The Balaban J connectivity index is 1.27. The lowest BCUT2D eigenvalue weighted by Crippen LogP contribution is -2.40. The summed E-state index contributed by atoms with van der Waals surface area (Å²) in [5.41, 5.74) is 2.70. The van der Waals surface area contributed by atoms with Crippen LogP contribution in [0.5, 0.6) is 0 Å². The average molecular weight is 506 g/mol. The molecule has 3 rings (SSSR count). The molecular weight excluding hydrogens is 470 g/mol.